The molecule has 6 heteroatoms. The van der Waals surface area contributed by atoms with Crippen LogP contribution in [0.5, 0.6) is 11.5 Å². The lowest BCUT2D eigenvalue weighted by atomic mass is 10.1. The van der Waals surface area contributed by atoms with E-state index in [0.29, 0.717) is 12.1 Å². The average molecular weight is 431 g/mol. The van der Waals surface area contributed by atoms with E-state index in [4.69, 9.17) is 21.7 Å². The molecule has 0 unspecified atom stereocenters. The van der Waals surface area contributed by atoms with Crippen molar-refractivity contribution in [3.63, 3.8) is 0 Å². The molecule has 0 bridgehead atoms. The molecular weight excluding hydrogens is 396 g/mol. The first-order chi connectivity index (χ1) is 14.2. The number of aryl methyl sites for hydroxylation is 4. The Hall–Kier alpha value is -2.60. The zero-order chi connectivity index (χ0) is 22.8. The largest absolute Gasteiger partial charge is 0.496 e. The molecule has 0 aliphatic rings. The lowest BCUT2D eigenvalue weighted by Crippen LogP contribution is -2.22. The minimum atomic E-state index is -0.0358. The molecule has 0 aliphatic carbocycles. The summed E-state index contributed by atoms with van der Waals surface area (Å²) < 4.78 is 10.5. The van der Waals surface area contributed by atoms with Crippen LogP contribution in [0.4, 0.5) is 0 Å². The van der Waals surface area contributed by atoms with Gasteiger partial charge >= 0.3 is 0 Å². The fourth-order valence-corrected chi connectivity index (χ4v) is 3.59. The van der Waals surface area contributed by atoms with Crippen LogP contribution in [0, 0.1) is 27.7 Å². The first-order valence-electron chi connectivity index (χ1n) is 10.1. The van der Waals surface area contributed by atoms with Crippen molar-refractivity contribution < 1.29 is 14.3 Å². The maximum Gasteiger partial charge on any atom is 0.251 e. The summed E-state index contributed by atoms with van der Waals surface area (Å²) in [6.45, 7) is 13.4. The Morgan fingerprint density at radius 2 is 1.13 bits per heavy atom. The highest BCUT2D eigenvalue weighted by atomic mass is 32.1. The van der Waals surface area contributed by atoms with E-state index in [1.807, 2.05) is 53.7 Å². The molecule has 2 aromatic rings. The molecule has 0 atom stereocenters. The van der Waals surface area contributed by atoms with Crippen molar-refractivity contribution >= 4 is 23.1 Å². The minimum Gasteiger partial charge on any atom is -0.496 e. The molecule has 0 fully saturated rings. The van der Waals surface area contributed by atoms with Gasteiger partial charge in [0.2, 0.25) is 0 Å². The van der Waals surface area contributed by atoms with E-state index in [0.717, 1.165) is 50.8 Å². The molecule has 2 N–H and O–H groups in total. The lowest BCUT2D eigenvalue weighted by Gasteiger charge is -2.12. The molecule has 2 rings (SSSR count). The Morgan fingerprint density at radius 1 is 0.767 bits per heavy atom. The van der Waals surface area contributed by atoms with E-state index in [9.17, 15) is 4.79 Å². The van der Waals surface area contributed by atoms with E-state index in [-0.39, 0.29) is 5.91 Å². The van der Waals surface area contributed by atoms with Crippen LogP contribution in [-0.4, -0.2) is 38.2 Å². The summed E-state index contributed by atoms with van der Waals surface area (Å²) in [7, 11) is 3.33. The highest BCUT2D eigenvalue weighted by Crippen LogP contribution is 2.25. The van der Waals surface area contributed by atoms with Crippen molar-refractivity contribution in [2.24, 2.45) is 0 Å². The van der Waals surface area contributed by atoms with Crippen LogP contribution in [-0.2, 0) is 0 Å². The summed E-state index contributed by atoms with van der Waals surface area (Å²) in [5.74, 6) is 1.76. The second-order valence-corrected chi connectivity index (χ2v) is 7.41. The van der Waals surface area contributed by atoms with Crippen molar-refractivity contribution in [1.82, 2.24) is 10.6 Å². The van der Waals surface area contributed by atoms with Gasteiger partial charge in [-0.3, -0.25) is 4.79 Å². The zero-order valence-corrected chi connectivity index (χ0v) is 20.2. The Balaban J connectivity index is 0.000000300. The van der Waals surface area contributed by atoms with Crippen molar-refractivity contribution in [1.29, 1.82) is 0 Å². The molecule has 2 aromatic carbocycles. The number of carbonyl (C=O) groups is 1. The number of methoxy groups -OCH3 is 2. The van der Waals surface area contributed by atoms with Gasteiger partial charge < -0.3 is 20.1 Å². The van der Waals surface area contributed by atoms with E-state index in [1.54, 1.807) is 14.2 Å². The quantitative estimate of drug-likeness (QED) is 0.653. The van der Waals surface area contributed by atoms with Gasteiger partial charge in [0.1, 0.15) is 16.5 Å². The number of ether oxygens (including phenoxy) is 2. The van der Waals surface area contributed by atoms with E-state index in [1.165, 1.54) is 0 Å². The van der Waals surface area contributed by atoms with Gasteiger partial charge in [-0.1, -0.05) is 12.2 Å². The molecule has 0 spiro atoms. The van der Waals surface area contributed by atoms with Gasteiger partial charge in [-0.2, -0.15) is 0 Å². The summed E-state index contributed by atoms with van der Waals surface area (Å²) in [5.41, 5.74) is 5.95. The van der Waals surface area contributed by atoms with Crippen LogP contribution in [0.1, 0.15) is 52.0 Å². The predicted octanol–water partition coefficient (Wildman–Crippen LogP) is 4.66. The van der Waals surface area contributed by atoms with Crippen LogP contribution in [0.15, 0.2) is 24.3 Å². The number of nitrogens with one attached hydrogen (secondary N) is 2. The molecule has 0 radical (unpaired) electrons. The molecule has 0 aromatic heterocycles. The molecule has 1 amide bonds. The van der Waals surface area contributed by atoms with Gasteiger partial charge in [-0.25, -0.2) is 0 Å². The summed E-state index contributed by atoms with van der Waals surface area (Å²) in [6.07, 6.45) is 0. The number of benzene rings is 2. The number of hydrogen-bond acceptors (Lipinski definition) is 4. The van der Waals surface area contributed by atoms with E-state index < -0.39 is 0 Å². The Bertz CT molecular complexity index is 775. The third-order valence-electron chi connectivity index (χ3n) is 4.53. The number of rotatable bonds is 6. The second kappa shape index (κ2) is 12.2. The van der Waals surface area contributed by atoms with Crippen molar-refractivity contribution in [2.75, 3.05) is 27.3 Å². The molecule has 5 nitrogen and oxygen atoms in total. The Kier molecular flexibility index (Phi) is 10.3. The average Bonchev–Trinajstić information content (AvgIpc) is 2.68. The number of carbonyl (C=O) groups excluding carboxylic acids is 1. The standard InChI is InChI=1S/C12H17NO2.C12H17NOS/c1-5-13-12(14)10-6-8(2)11(15-4)9(3)7-10;1-5-13-12(15)10-6-8(2)11(14-4)9(3)7-10/h6-7H,5H2,1-4H3,(H,13,14);6-7H,5H2,1-4H3,(H,13,15). The van der Waals surface area contributed by atoms with Gasteiger partial charge in [-0.05, 0) is 88.1 Å². The van der Waals surface area contributed by atoms with Crippen LogP contribution in [0.25, 0.3) is 0 Å². The van der Waals surface area contributed by atoms with Crippen LogP contribution >= 0.6 is 12.2 Å². The van der Waals surface area contributed by atoms with E-state index in [2.05, 4.69) is 22.8 Å². The SMILES string of the molecule is CCNC(=O)c1cc(C)c(OC)c(C)c1.CCNC(=S)c1cc(C)c(OC)c(C)c1. The Labute approximate surface area is 186 Å². The van der Waals surface area contributed by atoms with Crippen molar-refractivity contribution in [3.8, 4) is 11.5 Å². The molecule has 30 heavy (non-hydrogen) atoms. The molecule has 0 saturated carbocycles. The predicted molar refractivity (Wildman–Crippen MR) is 128 cm³/mol. The molecule has 164 valence electrons. The van der Waals surface area contributed by atoms with Gasteiger partial charge in [-0.15, -0.1) is 0 Å². The highest BCUT2D eigenvalue weighted by molar-refractivity contribution is 7.80. The normalized spacial score (nSPS) is 9.87. The van der Waals surface area contributed by atoms with Gasteiger partial charge in [0.05, 0.1) is 14.2 Å². The second-order valence-electron chi connectivity index (χ2n) is 7.01. The van der Waals surface area contributed by atoms with Crippen molar-refractivity contribution in [2.45, 2.75) is 41.5 Å². The minimum absolute atomic E-state index is 0.0358. The summed E-state index contributed by atoms with van der Waals surface area (Å²) in [4.78, 5) is 12.4. The highest BCUT2D eigenvalue weighted by Gasteiger charge is 2.10. The monoisotopic (exact) mass is 430 g/mol. The molecule has 0 heterocycles. The summed E-state index contributed by atoms with van der Waals surface area (Å²) in [6, 6.07) is 7.79. The molecule has 0 aliphatic heterocycles. The van der Waals surface area contributed by atoms with Crippen LogP contribution < -0.4 is 20.1 Å². The van der Waals surface area contributed by atoms with E-state index >= 15 is 0 Å². The van der Waals surface area contributed by atoms with Crippen LogP contribution in [0.2, 0.25) is 0 Å². The van der Waals surface area contributed by atoms with Crippen molar-refractivity contribution in [3.05, 3.63) is 57.6 Å². The van der Waals surface area contributed by atoms with Crippen LogP contribution in [0.3, 0.4) is 0 Å². The molecule has 0 saturated heterocycles. The third kappa shape index (κ3) is 6.73. The first-order valence-corrected chi connectivity index (χ1v) is 10.5. The maximum absolute atomic E-state index is 11.6. The first kappa shape index (κ1) is 25.4. The number of amides is 1. The fourth-order valence-electron chi connectivity index (χ4n) is 3.33. The number of hydrogen-bond donors (Lipinski definition) is 2. The smallest absolute Gasteiger partial charge is 0.251 e. The third-order valence-corrected chi connectivity index (χ3v) is 4.91. The molecular formula is C24H34N2O3S. The Morgan fingerprint density at radius 3 is 1.47 bits per heavy atom. The number of thiocarbonyl (C=S) groups is 1. The summed E-state index contributed by atoms with van der Waals surface area (Å²) in [5, 5.41) is 5.92. The summed E-state index contributed by atoms with van der Waals surface area (Å²) >= 11 is 5.27. The van der Waals surface area contributed by atoms with Gasteiger partial charge in [0.25, 0.3) is 5.91 Å². The van der Waals surface area contributed by atoms with Gasteiger partial charge in [0.15, 0.2) is 0 Å². The lowest BCUT2D eigenvalue weighted by molar-refractivity contribution is 0.0955. The topological polar surface area (TPSA) is 59.6 Å². The zero-order valence-electron chi connectivity index (χ0n) is 19.4. The maximum atomic E-state index is 11.6. The van der Waals surface area contributed by atoms with Gasteiger partial charge in [0, 0.05) is 24.2 Å². The fraction of sp³-hybridized carbons (Fsp3) is 0.417.